The largest absolute Gasteiger partial charge is 0.347 e. The number of piperidine rings is 1. The minimum atomic E-state index is 0.200. The van der Waals surface area contributed by atoms with Crippen molar-refractivity contribution in [2.45, 2.75) is 51.9 Å². The molecule has 0 atom stereocenters. The first kappa shape index (κ1) is 18.1. The molecule has 1 saturated heterocycles. The number of amides is 1. The van der Waals surface area contributed by atoms with Crippen LogP contribution in [-0.2, 0) is 4.79 Å². The highest BCUT2D eigenvalue weighted by Crippen LogP contribution is 2.28. The molecule has 0 aromatic heterocycles. The number of aliphatic imine (C=N–C) groups is 1. The van der Waals surface area contributed by atoms with E-state index in [2.05, 4.69) is 29.2 Å². The Hall–Kier alpha value is -1.26. The van der Waals surface area contributed by atoms with Gasteiger partial charge in [-0.1, -0.05) is 19.8 Å². The van der Waals surface area contributed by atoms with Gasteiger partial charge in [-0.15, -0.1) is 0 Å². The Kier molecular flexibility index (Phi) is 7.18. The molecule has 0 unspecified atom stereocenters. The van der Waals surface area contributed by atoms with E-state index in [1.54, 1.807) is 7.05 Å². The van der Waals surface area contributed by atoms with Crippen molar-refractivity contribution in [3.8, 4) is 0 Å². The maximum atomic E-state index is 12.3. The van der Waals surface area contributed by atoms with Crippen molar-refractivity contribution < 1.29 is 4.79 Å². The van der Waals surface area contributed by atoms with E-state index in [1.807, 2.05) is 4.90 Å². The Bertz CT molecular complexity index is 396. The van der Waals surface area contributed by atoms with E-state index in [4.69, 9.17) is 0 Å². The Morgan fingerprint density at radius 3 is 2.43 bits per heavy atom. The monoisotopic (exact) mass is 322 g/mol. The molecule has 1 N–H and O–H groups in total. The summed E-state index contributed by atoms with van der Waals surface area (Å²) in [5, 5.41) is 3.25. The molecule has 1 aliphatic carbocycles. The van der Waals surface area contributed by atoms with Gasteiger partial charge < -0.3 is 15.1 Å². The molecule has 23 heavy (non-hydrogen) atoms. The molecule has 1 heterocycles. The van der Waals surface area contributed by atoms with Gasteiger partial charge in [0.2, 0.25) is 5.91 Å². The maximum absolute atomic E-state index is 12.3. The second kappa shape index (κ2) is 9.14. The number of hydrogen-bond donors (Lipinski definition) is 1. The minimum absolute atomic E-state index is 0.200. The number of rotatable bonds is 4. The van der Waals surface area contributed by atoms with E-state index in [1.165, 1.54) is 32.1 Å². The van der Waals surface area contributed by atoms with Gasteiger partial charge in [0.1, 0.15) is 0 Å². The van der Waals surface area contributed by atoms with Crippen LogP contribution in [0.5, 0.6) is 0 Å². The molecule has 2 rings (SSSR count). The lowest BCUT2D eigenvalue weighted by Gasteiger charge is -2.32. The number of carbonyl (C=O) groups is 1. The quantitative estimate of drug-likeness (QED) is 0.638. The SMILES string of the molecule is CN=C(NCC(=O)N1CCCCC1)N(C)CC1CCC(C)CC1. The Labute approximate surface area is 141 Å². The lowest BCUT2D eigenvalue weighted by molar-refractivity contribution is -0.130. The van der Waals surface area contributed by atoms with E-state index in [-0.39, 0.29) is 5.91 Å². The molecule has 0 aromatic rings. The molecular weight excluding hydrogens is 288 g/mol. The number of hydrogen-bond acceptors (Lipinski definition) is 2. The van der Waals surface area contributed by atoms with Crippen LogP contribution in [0.3, 0.4) is 0 Å². The summed E-state index contributed by atoms with van der Waals surface area (Å²) in [6.45, 7) is 5.57. The highest BCUT2D eigenvalue weighted by molar-refractivity contribution is 5.86. The highest BCUT2D eigenvalue weighted by Gasteiger charge is 2.21. The molecule has 0 aromatic carbocycles. The zero-order valence-electron chi connectivity index (χ0n) is 15.2. The van der Waals surface area contributed by atoms with Crippen molar-refractivity contribution in [2.24, 2.45) is 16.8 Å². The van der Waals surface area contributed by atoms with Gasteiger partial charge >= 0.3 is 0 Å². The molecule has 1 amide bonds. The van der Waals surface area contributed by atoms with Crippen LogP contribution < -0.4 is 5.32 Å². The third kappa shape index (κ3) is 5.70. The molecule has 5 heteroatoms. The number of nitrogens with zero attached hydrogens (tertiary/aromatic N) is 3. The van der Waals surface area contributed by atoms with Crippen LogP contribution in [0, 0.1) is 11.8 Å². The second-order valence-electron chi connectivity index (χ2n) is 7.35. The molecule has 1 saturated carbocycles. The van der Waals surface area contributed by atoms with Crippen molar-refractivity contribution in [1.82, 2.24) is 15.1 Å². The van der Waals surface area contributed by atoms with Gasteiger partial charge in [0, 0.05) is 33.7 Å². The van der Waals surface area contributed by atoms with Crippen LogP contribution in [-0.4, -0.2) is 61.9 Å². The smallest absolute Gasteiger partial charge is 0.241 e. The van der Waals surface area contributed by atoms with Gasteiger partial charge in [-0.3, -0.25) is 9.79 Å². The fourth-order valence-electron chi connectivity index (χ4n) is 3.78. The van der Waals surface area contributed by atoms with Crippen molar-refractivity contribution in [1.29, 1.82) is 0 Å². The molecule has 132 valence electrons. The average molecular weight is 322 g/mol. The lowest BCUT2D eigenvalue weighted by Crippen LogP contribution is -2.47. The summed E-state index contributed by atoms with van der Waals surface area (Å²) in [5.74, 6) is 2.68. The van der Waals surface area contributed by atoms with Gasteiger partial charge in [-0.05, 0) is 43.9 Å². The second-order valence-corrected chi connectivity index (χ2v) is 7.35. The zero-order valence-corrected chi connectivity index (χ0v) is 15.2. The minimum Gasteiger partial charge on any atom is -0.347 e. The Balaban J connectivity index is 1.74. The van der Waals surface area contributed by atoms with E-state index in [0.29, 0.717) is 6.54 Å². The Morgan fingerprint density at radius 1 is 1.17 bits per heavy atom. The lowest BCUT2D eigenvalue weighted by atomic mass is 9.83. The van der Waals surface area contributed by atoms with E-state index < -0.39 is 0 Å². The predicted octanol–water partition coefficient (Wildman–Crippen LogP) is 2.33. The standard InChI is InChI=1S/C18H34N4O/c1-15-7-9-16(10-8-15)14-21(3)18(19-2)20-13-17(23)22-11-5-4-6-12-22/h15-16H,4-14H2,1-3H3,(H,19,20). The third-order valence-corrected chi connectivity index (χ3v) is 5.35. The van der Waals surface area contributed by atoms with Gasteiger partial charge in [-0.25, -0.2) is 0 Å². The molecule has 2 aliphatic rings. The number of likely N-dealkylation sites (tertiary alicyclic amines) is 1. The number of guanidine groups is 1. The van der Waals surface area contributed by atoms with Crippen LogP contribution in [0.25, 0.3) is 0 Å². The van der Waals surface area contributed by atoms with Crippen molar-refractivity contribution in [2.75, 3.05) is 40.3 Å². The summed E-state index contributed by atoms with van der Waals surface area (Å²) >= 11 is 0. The summed E-state index contributed by atoms with van der Waals surface area (Å²) in [6.07, 6.45) is 8.85. The fourth-order valence-corrected chi connectivity index (χ4v) is 3.78. The van der Waals surface area contributed by atoms with Gasteiger partial charge in [0.05, 0.1) is 6.54 Å². The maximum Gasteiger partial charge on any atom is 0.241 e. The average Bonchev–Trinajstić information content (AvgIpc) is 2.58. The number of carbonyl (C=O) groups excluding carboxylic acids is 1. The fraction of sp³-hybridized carbons (Fsp3) is 0.889. The van der Waals surface area contributed by atoms with E-state index in [9.17, 15) is 4.79 Å². The van der Waals surface area contributed by atoms with Gasteiger partial charge in [0.15, 0.2) is 5.96 Å². The van der Waals surface area contributed by atoms with Crippen LogP contribution in [0.1, 0.15) is 51.9 Å². The third-order valence-electron chi connectivity index (χ3n) is 5.35. The molecule has 0 bridgehead atoms. The topological polar surface area (TPSA) is 47.9 Å². The van der Waals surface area contributed by atoms with Crippen LogP contribution in [0.2, 0.25) is 0 Å². The van der Waals surface area contributed by atoms with Gasteiger partial charge in [-0.2, -0.15) is 0 Å². The van der Waals surface area contributed by atoms with Crippen LogP contribution in [0.15, 0.2) is 4.99 Å². The molecule has 5 nitrogen and oxygen atoms in total. The zero-order chi connectivity index (χ0) is 16.7. The van der Waals surface area contributed by atoms with Crippen molar-refractivity contribution in [3.63, 3.8) is 0 Å². The van der Waals surface area contributed by atoms with Crippen molar-refractivity contribution >= 4 is 11.9 Å². The molecular formula is C18H34N4O. The van der Waals surface area contributed by atoms with E-state index >= 15 is 0 Å². The first-order valence-corrected chi connectivity index (χ1v) is 9.29. The normalized spacial score (nSPS) is 26.0. The van der Waals surface area contributed by atoms with E-state index in [0.717, 1.165) is 50.3 Å². The molecule has 0 radical (unpaired) electrons. The summed E-state index contributed by atoms with van der Waals surface area (Å²) in [4.78, 5) is 20.8. The highest BCUT2D eigenvalue weighted by atomic mass is 16.2. The van der Waals surface area contributed by atoms with Crippen LogP contribution >= 0.6 is 0 Å². The first-order chi connectivity index (χ1) is 11.1. The van der Waals surface area contributed by atoms with Gasteiger partial charge in [0.25, 0.3) is 0 Å². The summed E-state index contributed by atoms with van der Waals surface area (Å²) in [7, 11) is 3.88. The Morgan fingerprint density at radius 2 is 1.83 bits per heavy atom. The number of nitrogens with one attached hydrogen (secondary N) is 1. The summed E-state index contributed by atoms with van der Waals surface area (Å²) in [5.41, 5.74) is 0. The molecule has 1 aliphatic heterocycles. The first-order valence-electron chi connectivity index (χ1n) is 9.29. The summed E-state index contributed by atoms with van der Waals surface area (Å²) in [6, 6.07) is 0. The van der Waals surface area contributed by atoms with Crippen LogP contribution in [0.4, 0.5) is 0 Å². The van der Waals surface area contributed by atoms with Crippen molar-refractivity contribution in [3.05, 3.63) is 0 Å². The molecule has 2 fully saturated rings. The summed E-state index contributed by atoms with van der Waals surface area (Å²) < 4.78 is 0. The predicted molar refractivity (Wildman–Crippen MR) is 95.5 cm³/mol. The molecule has 0 spiro atoms.